The zero-order valence-corrected chi connectivity index (χ0v) is 13.7. The van der Waals surface area contributed by atoms with Crippen molar-refractivity contribution in [2.45, 2.75) is 43.9 Å². The second-order valence-corrected chi connectivity index (χ2v) is 6.94. The third-order valence-corrected chi connectivity index (χ3v) is 5.20. The highest BCUT2D eigenvalue weighted by atomic mass is 35.5. The van der Waals surface area contributed by atoms with E-state index in [-0.39, 0.29) is 5.91 Å². The molecule has 1 saturated carbocycles. The normalized spacial score (nSPS) is 16.1. The lowest BCUT2D eigenvalue weighted by Crippen LogP contribution is -2.37. The number of amides is 1. The summed E-state index contributed by atoms with van der Waals surface area (Å²) in [5.41, 5.74) is 1.09. The molecule has 20 heavy (non-hydrogen) atoms. The van der Waals surface area contributed by atoms with Crippen molar-refractivity contribution in [3.63, 3.8) is 0 Å². The summed E-state index contributed by atoms with van der Waals surface area (Å²) in [7, 11) is 0. The largest absolute Gasteiger partial charge is 0.353 e. The van der Waals surface area contributed by atoms with Gasteiger partial charge in [-0.15, -0.1) is 11.8 Å². The maximum absolute atomic E-state index is 11.8. The first-order valence-corrected chi connectivity index (χ1v) is 8.87. The van der Waals surface area contributed by atoms with Gasteiger partial charge in [0.1, 0.15) is 0 Å². The molecule has 1 aliphatic carbocycles. The molecular weight excluding hydrogens is 313 g/mol. The molecule has 2 nitrogen and oxygen atoms in total. The van der Waals surface area contributed by atoms with E-state index in [9.17, 15) is 4.79 Å². The minimum atomic E-state index is 0.141. The minimum Gasteiger partial charge on any atom is -0.353 e. The number of rotatable bonds is 5. The summed E-state index contributed by atoms with van der Waals surface area (Å²) in [6.07, 6.45) is 6.04. The molecule has 0 spiro atoms. The lowest BCUT2D eigenvalue weighted by atomic mass is 9.95. The Morgan fingerprint density at radius 1 is 1.20 bits per heavy atom. The summed E-state index contributed by atoms with van der Waals surface area (Å²) in [5.74, 6) is 1.41. The molecule has 1 fully saturated rings. The summed E-state index contributed by atoms with van der Waals surface area (Å²) >= 11 is 13.4. The average Bonchev–Trinajstić information content (AvgIpc) is 2.44. The predicted molar refractivity (Wildman–Crippen MR) is 87.6 cm³/mol. The van der Waals surface area contributed by atoms with Crippen molar-refractivity contribution in [2.24, 2.45) is 0 Å². The summed E-state index contributed by atoms with van der Waals surface area (Å²) in [5, 5.41) is 4.25. The second-order valence-electron chi connectivity index (χ2n) is 5.14. The maximum atomic E-state index is 11.8. The fourth-order valence-corrected chi connectivity index (χ4v) is 3.51. The molecule has 0 aliphatic heterocycles. The Kier molecular flexibility index (Phi) is 6.53. The molecule has 1 N–H and O–H groups in total. The van der Waals surface area contributed by atoms with Gasteiger partial charge >= 0.3 is 0 Å². The molecule has 0 heterocycles. The third kappa shape index (κ3) is 5.19. The van der Waals surface area contributed by atoms with Crippen LogP contribution in [-0.2, 0) is 10.5 Å². The minimum absolute atomic E-state index is 0.141. The van der Waals surface area contributed by atoms with E-state index in [4.69, 9.17) is 23.2 Å². The molecule has 110 valence electrons. The molecule has 1 aromatic rings. The van der Waals surface area contributed by atoms with Crippen LogP contribution in [-0.4, -0.2) is 17.7 Å². The topological polar surface area (TPSA) is 29.1 Å². The average molecular weight is 332 g/mol. The monoisotopic (exact) mass is 331 g/mol. The smallest absolute Gasteiger partial charge is 0.230 e. The van der Waals surface area contributed by atoms with Crippen LogP contribution < -0.4 is 5.32 Å². The molecule has 0 aromatic heterocycles. The standard InChI is InChI=1S/C15H19Cl2NOS/c16-13-7-6-11(8-14(13)17)9-20-10-15(19)18-12-4-2-1-3-5-12/h6-8,12H,1-5,9-10H2,(H,18,19). The fourth-order valence-electron chi connectivity index (χ4n) is 2.41. The lowest BCUT2D eigenvalue weighted by molar-refractivity contribution is -0.119. The van der Waals surface area contributed by atoms with E-state index >= 15 is 0 Å². The first kappa shape index (κ1) is 16.0. The van der Waals surface area contributed by atoms with E-state index in [0.717, 1.165) is 24.2 Å². The van der Waals surface area contributed by atoms with Gasteiger partial charge in [-0.1, -0.05) is 48.5 Å². The van der Waals surface area contributed by atoms with Gasteiger partial charge in [0.2, 0.25) is 5.91 Å². The Labute approximate surface area is 134 Å². The fraction of sp³-hybridized carbons (Fsp3) is 0.533. The number of benzene rings is 1. The Morgan fingerprint density at radius 3 is 2.65 bits per heavy atom. The quantitative estimate of drug-likeness (QED) is 0.848. The van der Waals surface area contributed by atoms with E-state index in [0.29, 0.717) is 21.8 Å². The van der Waals surface area contributed by atoms with Crippen LogP contribution in [0.1, 0.15) is 37.7 Å². The number of hydrogen-bond donors (Lipinski definition) is 1. The van der Waals surface area contributed by atoms with Crippen LogP contribution in [0.25, 0.3) is 0 Å². The summed E-state index contributed by atoms with van der Waals surface area (Å²) in [6, 6.07) is 5.99. The molecular formula is C15H19Cl2NOS. The number of hydrogen-bond acceptors (Lipinski definition) is 2. The van der Waals surface area contributed by atoms with Crippen LogP contribution >= 0.6 is 35.0 Å². The van der Waals surface area contributed by atoms with Gasteiger partial charge < -0.3 is 5.32 Å². The van der Waals surface area contributed by atoms with Crippen molar-refractivity contribution in [1.82, 2.24) is 5.32 Å². The Balaban J connectivity index is 1.69. The summed E-state index contributed by atoms with van der Waals surface area (Å²) < 4.78 is 0. The van der Waals surface area contributed by atoms with Crippen LogP contribution in [0.4, 0.5) is 0 Å². The van der Waals surface area contributed by atoms with Gasteiger partial charge in [-0.25, -0.2) is 0 Å². The molecule has 0 atom stereocenters. The van der Waals surface area contributed by atoms with E-state index in [1.165, 1.54) is 19.3 Å². The third-order valence-electron chi connectivity index (χ3n) is 3.46. The highest BCUT2D eigenvalue weighted by Crippen LogP contribution is 2.24. The van der Waals surface area contributed by atoms with Crippen LogP contribution in [0, 0.1) is 0 Å². The van der Waals surface area contributed by atoms with Crippen molar-refractivity contribution in [3.8, 4) is 0 Å². The SMILES string of the molecule is O=C(CSCc1ccc(Cl)c(Cl)c1)NC1CCCCC1. The zero-order valence-electron chi connectivity index (χ0n) is 11.3. The molecule has 0 unspecified atom stereocenters. The zero-order chi connectivity index (χ0) is 14.4. The molecule has 0 bridgehead atoms. The van der Waals surface area contributed by atoms with Gasteiger partial charge in [0, 0.05) is 11.8 Å². The number of thioether (sulfide) groups is 1. The lowest BCUT2D eigenvalue weighted by Gasteiger charge is -2.22. The summed E-state index contributed by atoms with van der Waals surface area (Å²) in [6.45, 7) is 0. The van der Waals surface area contributed by atoms with Gasteiger partial charge in [-0.05, 0) is 30.5 Å². The van der Waals surface area contributed by atoms with Crippen molar-refractivity contribution < 1.29 is 4.79 Å². The Morgan fingerprint density at radius 2 is 1.95 bits per heavy atom. The van der Waals surface area contributed by atoms with E-state index in [2.05, 4.69) is 5.32 Å². The maximum Gasteiger partial charge on any atom is 0.230 e. The predicted octanol–water partition coefficient (Wildman–Crippen LogP) is 4.68. The Bertz CT molecular complexity index is 461. The summed E-state index contributed by atoms with van der Waals surface area (Å²) in [4.78, 5) is 11.8. The first-order valence-electron chi connectivity index (χ1n) is 6.96. The number of halogens is 2. The molecule has 1 aliphatic rings. The van der Waals surface area contributed by atoms with Gasteiger partial charge in [-0.2, -0.15) is 0 Å². The molecule has 1 aromatic carbocycles. The van der Waals surface area contributed by atoms with Crippen molar-refractivity contribution in [1.29, 1.82) is 0 Å². The number of nitrogens with one attached hydrogen (secondary N) is 1. The van der Waals surface area contributed by atoms with Crippen molar-refractivity contribution in [2.75, 3.05) is 5.75 Å². The molecule has 5 heteroatoms. The first-order chi connectivity index (χ1) is 9.65. The van der Waals surface area contributed by atoms with E-state index in [1.807, 2.05) is 12.1 Å². The van der Waals surface area contributed by atoms with Crippen LogP contribution in [0.3, 0.4) is 0 Å². The number of carbonyl (C=O) groups excluding carboxylic acids is 1. The van der Waals surface area contributed by atoms with E-state index < -0.39 is 0 Å². The van der Waals surface area contributed by atoms with Gasteiger partial charge in [0.15, 0.2) is 0 Å². The van der Waals surface area contributed by atoms with Crippen molar-refractivity contribution >= 4 is 40.9 Å². The van der Waals surface area contributed by atoms with E-state index in [1.54, 1.807) is 17.8 Å². The number of carbonyl (C=O) groups is 1. The molecule has 0 saturated heterocycles. The van der Waals surface area contributed by atoms with Gasteiger partial charge in [-0.3, -0.25) is 4.79 Å². The molecule has 1 amide bonds. The molecule has 0 radical (unpaired) electrons. The van der Waals surface area contributed by atoms with Crippen molar-refractivity contribution in [3.05, 3.63) is 33.8 Å². The highest BCUT2D eigenvalue weighted by Gasteiger charge is 2.15. The Hall–Kier alpha value is -0.380. The van der Waals surface area contributed by atoms with Crippen LogP contribution in [0.5, 0.6) is 0 Å². The van der Waals surface area contributed by atoms with Gasteiger partial charge in [0.05, 0.1) is 15.8 Å². The second kappa shape index (κ2) is 8.16. The van der Waals surface area contributed by atoms with Crippen LogP contribution in [0.15, 0.2) is 18.2 Å². The van der Waals surface area contributed by atoms with Gasteiger partial charge in [0.25, 0.3) is 0 Å². The highest BCUT2D eigenvalue weighted by molar-refractivity contribution is 7.99. The van der Waals surface area contributed by atoms with Crippen LogP contribution in [0.2, 0.25) is 10.0 Å². The molecule has 2 rings (SSSR count).